The highest BCUT2D eigenvalue weighted by Gasteiger charge is 2.62. The third-order valence-electron chi connectivity index (χ3n) is 7.73. The number of hydrogen-bond donors (Lipinski definition) is 1. The van der Waals surface area contributed by atoms with Crippen molar-refractivity contribution in [2.24, 2.45) is 0 Å². The van der Waals surface area contributed by atoms with E-state index < -0.39 is 19.9 Å². The maximum Gasteiger partial charge on any atom is 0.347 e. The zero-order valence-electron chi connectivity index (χ0n) is 21.3. The Kier molecular flexibility index (Phi) is 7.29. The first-order chi connectivity index (χ1) is 18.6. The molecule has 0 aromatic heterocycles. The van der Waals surface area contributed by atoms with Crippen molar-refractivity contribution in [3.8, 4) is 0 Å². The Morgan fingerprint density at radius 3 is 1.39 bits per heavy atom. The summed E-state index contributed by atoms with van der Waals surface area (Å²) in [6.45, 7) is 0.922. The van der Waals surface area contributed by atoms with E-state index in [1.165, 1.54) is 0 Å². The van der Waals surface area contributed by atoms with Crippen molar-refractivity contribution in [2.75, 3.05) is 0 Å². The van der Waals surface area contributed by atoms with E-state index in [0.717, 1.165) is 22.3 Å². The lowest BCUT2D eigenvalue weighted by Crippen LogP contribution is -2.53. The van der Waals surface area contributed by atoms with Crippen molar-refractivity contribution in [3.63, 3.8) is 0 Å². The molecule has 4 aromatic rings. The molecule has 38 heavy (non-hydrogen) atoms. The third kappa shape index (κ3) is 5.01. The molecule has 0 unspecified atom stereocenters. The molecule has 2 fully saturated rings. The van der Waals surface area contributed by atoms with Gasteiger partial charge >= 0.3 is 7.67 Å². The molecule has 194 valence electrons. The van der Waals surface area contributed by atoms with Crippen LogP contribution in [-0.2, 0) is 35.0 Å². The van der Waals surface area contributed by atoms with Gasteiger partial charge in [0.25, 0.3) is 0 Å². The number of rotatable bonds is 8. The van der Waals surface area contributed by atoms with Crippen LogP contribution in [0.25, 0.3) is 0 Å². The molecule has 0 aliphatic carbocycles. The van der Waals surface area contributed by atoms with Crippen molar-refractivity contribution >= 4 is 7.67 Å². The van der Waals surface area contributed by atoms with E-state index in [4.69, 9.17) is 4.52 Å². The predicted octanol–water partition coefficient (Wildman–Crippen LogP) is 6.09. The number of hydrogen-bond acceptors (Lipinski definition) is 3. The molecular formula is C32H33N2O3P. The van der Waals surface area contributed by atoms with Crippen molar-refractivity contribution in [1.29, 1.82) is 0 Å². The second-order valence-corrected chi connectivity index (χ2v) is 12.5. The first-order valence-corrected chi connectivity index (χ1v) is 14.8. The minimum Gasteiger partial charge on any atom is -0.389 e. The molecule has 6 heteroatoms. The summed E-state index contributed by atoms with van der Waals surface area (Å²) in [4.78, 5) is 0. The van der Waals surface area contributed by atoms with Gasteiger partial charge in [0, 0.05) is 13.1 Å². The Morgan fingerprint density at radius 1 is 0.579 bits per heavy atom. The van der Waals surface area contributed by atoms with Crippen LogP contribution in [0.1, 0.15) is 22.3 Å². The second-order valence-electron chi connectivity index (χ2n) is 10.2. The topological polar surface area (TPSA) is 53.0 Å². The third-order valence-corrected chi connectivity index (χ3v) is 10.4. The van der Waals surface area contributed by atoms with Gasteiger partial charge in [-0.15, -0.1) is 0 Å². The Bertz CT molecular complexity index is 1330. The first kappa shape index (κ1) is 25.2. The van der Waals surface area contributed by atoms with Gasteiger partial charge in [-0.2, -0.15) is 0 Å². The van der Waals surface area contributed by atoms with Crippen molar-refractivity contribution < 1.29 is 14.2 Å². The summed E-state index contributed by atoms with van der Waals surface area (Å²) < 4.78 is 25.7. The van der Waals surface area contributed by atoms with Crippen molar-refractivity contribution in [2.45, 2.75) is 50.2 Å². The maximum atomic E-state index is 15.2. The van der Waals surface area contributed by atoms with Crippen LogP contribution >= 0.6 is 7.67 Å². The summed E-state index contributed by atoms with van der Waals surface area (Å²) in [5.74, 6) is 0. The van der Waals surface area contributed by atoms with E-state index in [0.29, 0.717) is 25.9 Å². The van der Waals surface area contributed by atoms with E-state index in [1.54, 1.807) is 0 Å². The molecule has 2 saturated heterocycles. The van der Waals surface area contributed by atoms with Gasteiger partial charge in [-0.1, -0.05) is 121 Å². The summed E-state index contributed by atoms with van der Waals surface area (Å²) in [5.41, 5.74) is 4.37. The summed E-state index contributed by atoms with van der Waals surface area (Å²) in [7, 11) is -3.49. The summed E-state index contributed by atoms with van der Waals surface area (Å²) in [6.07, 6.45) is -0.104. The Balaban J connectivity index is 1.43. The Morgan fingerprint density at radius 2 is 0.947 bits per heavy atom. The van der Waals surface area contributed by atoms with Crippen LogP contribution in [-0.4, -0.2) is 38.7 Å². The maximum absolute atomic E-state index is 15.2. The fourth-order valence-corrected chi connectivity index (χ4v) is 8.82. The number of benzene rings is 4. The first-order valence-electron chi connectivity index (χ1n) is 13.3. The van der Waals surface area contributed by atoms with Crippen molar-refractivity contribution in [1.82, 2.24) is 9.34 Å². The highest BCUT2D eigenvalue weighted by molar-refractivity contribution is 7.54. The molecule has 5 atom stereocenters. The lowest BCUT2D eigenvalue weighted by Gasteiger charge is -2.43. The molecule has 4 aromatic carbocycles. The van der Waals surface area contributed by atoms with Gasteiger partial charge in [-0.3, -0.25) is 9.09 Å². The number of aliphatic hydroxyl groups excluding tert-OH is 1. The normalized spacial score (nSPS) is 27.4. The average Bonchev–Trinajstić information content (AvgIpc) is 3.21. The lowest BCUT2D eigenvalue weighted by molar-refractivity contribution is -0.0378. The fourth-order valence-electron chi connectivity index (χ4n) is 5.84. The minimum absolute atomic E-state index is 0.225. The molecule has 2 aliphatic rings. The van der Waals surface area contributed by atoms with Gasteiger partial charge in [-0.25, -0.2) is 9.34 Å². The number of aliphatic hydroxyl groups is 1. The van der Waals surface area contributed by atoms with Crippen LogP contribution in [0.15, 0.2) is 121 Å². The van der Waals surface area contributed by atoms with Gasteiger partial charge in [0.1, 0.15) is 6.10 Å². The molecule has 1 N–H and O–H groups in total. The molecular weight excluding hydrogens is 491 g/mol. The molecule has 0 radical (unpaired) electrons. The Labute approximate surface area is 224 Å². The van der Waals surface area contributed by atoms with Gasteiger partial charge in [0.15, 0.2) is 0 Å². The van der Waals surface area contributed by atoms with Gasteiger partial charge in [-0.05, 0) is 35.1 Å². The van der Waals surface area contributed by atoms with E-state index >= 15 is 4.57 Å². The quantitative estimate of drug-likeness (QED) is 0.283. The predicted molar refractivity (Wildman–Crippen MR) is 150 cm³/mol. The smallest absolute Gasteiger partial charge is 0.347 e. The minimum atomic E-state index is -3.49. The van der Waals surface area contributed by atoms with Crippen LogP contribution in [0, 0.1) is 0 Å². The number of nitrogens with zero attached hydrogens (tertiary/aromatic N) is 2. The SMILES string of the molecule is O=[P@]12O[C@H]([C@@H](O)[C@@H](Cc3ccccc3)N1Cc1ccccc1)[C@@H](Cc1ccccc1)N2Cc1ccccc1. The van der Waals surface area contributed by atoms with E-state index in [9.17, 15) is 5.11 Å². The van der Waals surface area contributed by atoms with E-state index in [1.807, 2.05) is 89.6 Å². The standard InChI is InChI=1S/C32H33N2O3P/c35-31-29(21-25-13-5-1-6-14-25)33(23-27-17-9-3-10-18-27)38(36)34(24-28-19-11-4-12-20-28)30(32(31)37-38)22-26-15-7-2-8-16-26/h1-20,29-32,35H,21-24H2/t29-,30-,31+,32+,38+/m1/s1. The number of fused-ring (bicyclic) bond motifs is 2. The molecule has 0 spiro atoms. The molecule has 2 bridgehead atoms. The van der Waals surface area contributed by atoms with E-state index in [-0.39, 0.29) is 12.1 Å². The van der Waals surface area contributed by atoms with Crippen LogP contribution in [0.3, 0.4) is 0 Å². The fraction of sp³-hybridized carbons (Fsp3) is 0.250. The largest absolute Gasteiger partial charge is 0.389 e. The zero-order valence-corrected chi connectivity index (χ0v) is 22.2. The van der Waals surface area contributed by atoms with Crippen molar-refractivity contribution in [3.05, 3.63) is 144 Å². The van der Waals surface area contributed by atoms with Crippen LogP contribution in [0.4, 0.5) is 0 Å². The van der Waals surface area contributed by atoms with Gasteiger partial charge in [0.2, 0.25) is 0 Å². The highest BCUT2D eigenvalue weighted by atomic mass is 31.2. The molecule has 0 saturated carbocycles. The zero-order chi connectivity index (χ0) is 26.0. The van der Waals surface area contributed by atoms with Crippen LogP contribution < -0.4 is 0 Å². The summed E-state index contributed by atoms with van der Waals surface area (Å²) in [6, 6.07) is 40.0. The van der Waals surface area contributed by atoms with Crippen LogP contribution in [0.5, 0.6) is 0 Å². The van der Waals surface area contributed by atoms with Gasteiger partial charge in [0.05, 0.1) is 18.2 Å². The van der Waals surface area contributed by atoms with Gasteiger partial charge < -0.3 is 5.11 Å². The molecule has 2 heterocycles. The average molecular weight is 525 g/mol. The van der Waals surface area contributed by atoms with E-state index in [2.05, 4.69) is 41.1 Å². The highest BCUT2D eigenvalue weighted by Crippen LogP contribution is 2.67. The summed E-state index contributed by atoms with van der Waals surface area (Å²) >= 11 is 0. The molecule has 6 rings (SSSR count). The second kappa shape index (κ2) is 11.0. The monoisotopic (exact) mass is 524 g/mol. The Hall–Kier alpha value is -3.05. The molecule has 5 nitrogen and oxygen atoms in total. The molecule has 2 aliphatic heterocycles. The molecule has 0 amide bonds. The summed E-state index contributed by atoms with van der Waals surface area (Å²) in [5, 5.41) is 11.9. The lowest BCUT2D eigenvalue weighted by atomic mass is 9.91. The van der Waals surface area contributed by atoms with Crippen LogP contribution in [0.2, 0.25) is 0 Å².